The van der Waals surface area contributed by atoms with Crippen LogP contribution < -0.4 is 10.6 Å². The molecule has 130 valence electrons. The minimum atomic E-state index is 0.434. The van der Waals surface area contributed by atoms with Gasteiger partial charge in [-0.15, -0.1) is 5.10 Å². The van der Waals surface area contributed by atoms with E-state index in [-0.39, 0.29) is 0 Å². The number of nitrogens with one attached hydrogen (secondary N) is 2. The van der Waals surface area contributed by atoms with Crippen molar-refractivity contribution in [2.75, 3.05) is 12.4 Å². The zero-order chi connectivity index (χ0) is 17.5. The molecule has 0 atom stereocenters. The molecule has 4 aromatic heterocycles. The van der Waals surface area contributed by atoms with Crippen LogP contribution in [0.5, 0.6) is 0 Å². The van der Waals surface area contributed by atoms with Gasteiger partial charge in [-0.1, -0.05) is 0 Å². The topological polar surface area (TPSA) is 92.9 Å². The number of nitrogens with zero attached hydrogens (tertiary/aromatic N) is 6. The molecule has 4 aromatic rings. The molecule has 1 saturated carbocycles. The highest BCUT2D eigenvalue weighted by atomic mass is 15.3. The first-order valence-electron chi connectivity index (χ1n) is 8.65. The molecule has 1 aliphatic rings. The lowest BCUT2D eigenvalue weighted by Gasteiger charge is -2.35. The lowest BCUT2D eigenvalue weighted by molar-refractivity contribution is 0.325. The summed E-state index contributed by atoms with van der Waals surface area (Å²) in [5, 5.41) is 11.3. The maximum Gasteiger partial charge on any atom is 0.241 e. The van der Waals surface area contributed by atoms with Crippen LogP contribution >= 0.6 is 0 Å². The van der Waals surface area contributed by atoms with Crippen LogP contribution in [0.2, 0.25) is 0 Å². The van der Waals surface area contributed by atoms with Crippen molar-refractivity contribution in [3.05, 3.63) is 43.1 Å². The molecule has 0 radical (unpaired) electrons. The van der Waals surface area contributed by atoms with E-state index in [1.165, 1.54) is 0 Å². The Labute approximate surface area is 149 Å². The van der Waals surface area contributed by atoms with E-state index in [2.05, 4.69) is 35.7 Å². The SMILES string of the molecule is CN[C@H]1C[C@H](Nc2ncc3c(-c4cnc5nccnc5c4)ccn3n2)C1. The van der Waals surface area contributed by atoms with Crippen molar-refractivity contribution in [1.82, 2.24) is 34.9 Å². The zero-order valence-electron chi connectivity index (χ0n) is 14.3. The molecule has 0 spiro atoms. The molecule has 0 unspecified atom stereocenters. The second kappa shape index (κ2) is 5.99. The van der Waals surface area contributed by atoms with E-state index in [9.17, 15) is 0 Å². The molecule has 26 heavy (non-hydrogen) atoms. The fourth-order valence-corrected chi connectivity index (χ4v) is 3.37. The zero-order valence-corrected chi connectivity index (χ0v) is 14.3. The smallest absolute Gasteiger partial charge is 0.241 e. The highest BCUT2D eigenvalue weighted by Gasteiger charge is 2.28. The Balaban J connectivity index is 1.45. The summed E-state index contributed by atoms with van der Waals surface area (Å²) >= 11 is 0. The highest BCUT2D eigenvalue weighted by Crippen LogP contribution is 2.27. The van der Waals surface area contributed by atoms with E-state index >= 15 is 0 Å². The molecule has 0 saturated heterocycles. The Hall–Kier alpha value is -3.13. The third kappa shape index (κ3) is 2.55. The van der Waals surface area contributed by atoms with Crippen LogP contribution in [-0.2, 0) is 0 Å². The number of fused-ring (bicyclic) bond motifs is 2. The molecule has 2 N–H and O–H groups in total. The third-order valence-electron chi connectivity index (χ3n) is 4.93. The summed E-state index contributed by atoms with van der Waals surface area (Å²) in [7, 11) is 2.00. The molecule has 8 nitrogen and oxygen atoms in total. The van der Waals surface area contributed by atoms with Gasteiger partial charge in [0, 0.05) is 48.0 Å². The van der Waals surface area contributed by atoms with Crippen LogP contribution in [0.25, 0.3) is 27.8 Å². The summed E-state index contributed by atoms with van der Waals surface area (Å²) < 4.78 is 1.85. The molecular weight excluding hydrogens is 328 g/mol. The van der Waals surface area contributed by atoms with E-state index in [0.29, 0.717) is 23.7 Å². The van der Waals surface area contributed by atoms with Crippen molar-refractivity contribution >= 4 is 22.6 Å². The normalized spacial score (nSPS) is 19.6. The molecular formula is C18H18N8. The summed E-state index contributed by atoms with van der Waals surface area (Å²) in [6, 6.07) is 5.04. The fourth-order valence-electron chi connectivity index (χ4n) is 3.37. The van der Waals surface area contributed by atoms with E-state index < -0.39 is 0 Å². The first kappa shape index (κ1) is 15.2. The van der Waals surface area contributed by atoms with Crippen molar-refractivity contribution in [3.8, 4) is 11.1 Å². The first-order chi connectivity index (χ1) is 12.8. The minimum absolute atomic E-state index is 0.434. The molecule has 8 heteroatoms. The Morgan fingerprint density at radius 1 is 1.04 bits per heavy atom. The van der Waals surface area contributed by atoms with Gasteiger partial charge in [0.1, 0.15) is 5.52 Å². The molecule has 0 bridgehead atoms. The maximum absolute atomic E-state index is 4.58. The third-order valence-corrected chi connectivity index (χ3v) is 4.93. The van der Waals surface area contributed by atoms with Gasteiger partial charge in [-0.2, -0.15) is 0 Å². The number of rotatable bonds is 4. The lowest BCUT2D eigenvalue weighted by Crippen LogP contribution is -2.46. The quantitative estimate of drug-likeness (QED) is 0.583. The van der Waals surface area contributed by atoms with Gasteiger partial charge >= 0.3 is 0 Å². The average molecular weight is 346 g/mol. The number of hydrogen-bond donors (Lipinski definition) is 2. The number of hydrogen-bond acceptors (Lipinski definition) is 7. The van der Waals surface area contributed by atoms with Crippen molar-refractivity contribution in [3.63, 3.8) is 0 Å². The number of pyridine rings is 1. The van der Waals surface area contributed by atoms with E-state index in [1.54, 1.807) is 12.4 Å². The summed E-state index contributed by atoms with van der Waals surface area (Å²) in [5.74, 6) is 0.654. The van der Waals surface area contributed by atoms with E-state index in [4.69, 9.17) is 0 Å². The Morgan fingerprint density at radius 3 is 2.81 bits per heavy atom. The average Bonchev–Trinajstić information content (AvgIpc) is 3.07. The van der Waals surface area contributed by atoms with Crippen molar-refractivity contribution in [2.45, 2.75) is 24.9 Å². The van der Waals surface area contributed by atoms with Crippen LogP contribution in [0.1, 0.15) is 12.8 Å². The van der Waals surface area contributed by atoms with Gasteiger partial charge in [0.05, 0.1) is 11.7 Å². The van der Waals surface area contributed by atoms with Gasteiger partial charge in [0.2, 0.25) is 5.95 Å². The van der Waals surface area contributed by atoms with Crippen LogP contribution in [0, 0.1) is 0 Å². The second-order valence-electron chi connectivity index (χ2n) is 6.56. The largest absolute Gasteiger partial charge is 0.350 e. The molecule has 0 aliphatic heterocycles. The lowest BCUT2D eigenvalue weighted by atomic mass is 9.87. The van der Waals surface area contributed by atoms with E-state index in [1.807, 2.05) is 42.3 Å². The molecule has 0 aromatic carbocycles. The summed E-state index contributed by atoms with van der Waals surface area (Å²) in [6.07, 6.45) is 11.1. The summed E-state index contributed by atoms with van der Waals surface area (Å²) in [6.45, 7) is 0. The van der Waals surface area contributed by atoms with E-state index in [0.717, 1.165) is 35.0 Å². The van der Waals surface area contributed by atoms with Crippen molar-refractivity contribution < 1.29 is 0 Å². The molecule has 1 aliphatic carbocycles. The van der Waals surface area contributed by atoms with Crippen molar-refractivity contribution in [2.24, 2.45) is 0 Å². The Bertz CT molecular complexity index is 1080. The number of anilines is 1. The summed E-state index contributed by atoms with van der Waals surface area (Å²) in [4.78, 5) is 17.4. The molecule has 5 rings (SSSR count). The van der Waals surface area contributed by atoms with Gasteiger partial charge in [0.15, 0.2) is 5.65 Å². The Kier molecular flexibility index (Phi) is 3.49. The van der Waals surface area contributed by atoms with Gasteiger partial charge in [-0.3, -0.25) is 4.98 Å². The van der Waals surface area contributed by atoms with Gasteiger partial charge in [0.25, 0.3) is 0 Å². The predicted octanol–water partition coefficient (Wildman–Crippen LogP) is 1.90. The standard InChI is InChI=1S/C18H18N8/c1-19-12-7-13(8-12)24-18-23-10-16-14(2-5-26(16)25-18)11-6-15-17(22-9-11)21-4-3-20-15/h2-6,9-10,12-13,19H,7-8H2,1H3,(H,24,25)/t12-,13-. The maximum atomic E-state index is 4.58. The predicted molar refractivity (Wildman–Crippen MR) is 98.8 cm³/mol. The fraction of sp³-hybridized carbons (Fsp3) is 0.278. The van der Waals surface area contributed by atoms with Crippen molar-refractivity contribution in [1.29, 1.82) is 0 Å². The van der Waals surface area contributed by atoms with Gasteiger partial charge in [-0.25, -0.2) is 19.5 Å². The summed E-state index contributed by atoms with van der Waals surface area (Å²) in [5.41, 5.74) is 4.34. The van der Waals surface area contributed by atoms with Crippen LogP contribution in [0.3, 0.4) is 0 Å². The van der Waals surface area contributed by atoms with Gasteiger partial charge in [-0.05, 0) is 32.0 Å². The monoisotopic (exact) mass is 346 g/mol. The Morgan fingerprint density at radius 2 is 1.92 bits per heavy atom. The second-order valence-corrected chi connectivity index (χ2v) is 6.56. The van der Waals surface area contributed by atoms with Crippen LogP contribution in [-0.4, -0.2) is 48.7 Å². The van der Waals surface area contributed by atoms with Crippen LogP contribution in [0.4, 0.5) is 5.95 Å². The molecule has 0 amide bonds. The first-order valence-corrected chi connectivity index (χ1v) is 8.65. The highest BCUT2D eigenvalue weighted by molar-refractivity contribution is 5.84. The van der Waals surface area contributed by atoms with Crippen LogP contribution in [0.15, 0.2) is 43.1 Å². The minimum Gasteiger partial charge on any atom is -0.350 e. The number of aromatic nitrogens is 6. The van der Waals surface area contributed by atoms with Gasteiger partial charge < -0.3 is 10.6 Å². The molecule has 1 fully saturated rings. The molecule has 4 heterocycles.